The van der Waals surface area contributed by atoms with Crippen LogP contribution in [0.4, 0.5) is 0 Å². The van der Waals surface area contributed by atoms with Crippen LogP contribution in [0.3, 0.4) is 0 Å². The number of quaternary nitrogens is 1. The lowest BCUT2D eigenvalue weighted by atomic mass is 9.49. The van der Waals surface area contributed by atoms with Crippen LogP contribution < -0.4 is 21.3 Å². The molecule has 5 heteroatoms. The van der Waals surface area contributed by atoms with Crippen molar-refractivity contribution in [3.63, 3.8) is 0 Å². The van der Waals surface area contributed by atoms with Crippen molar-refractivity contribution in [1.82, 2.24) is 15.5 Å². The van der Waals surface area contributed by atoms with Gasteiger partial charge in [-0.25, -0.2) is 4.90 Å². The van der Waals surface area contributed by atoms with E-state index in [4.69, 9.17) is 5.73 Å². The van der Waals surface area contributed by atoms with Gasteiger partial charge in [-0.2, -0.15) is 0 Å². The number of hydrogen-bond acceptors (Lipinski definition) is 4. The second-order valence-corrected chi connectivity index (χ2v) is 11.8. The highest BCUT2D eigenvalue weighted by Crippen LogP contribution is 2.61. The number of nitrogens with one attached hydrogen (secondary N) is 3. The van der Waals surface area contributed by atoms with Gasteiger partial charge >= 0.3 is 0 Å². The van der Waals surface area contributed by atoms with E-state index in [1.807, 2.05) is 0 Å². The van der Waals surface area contributed by atoms with Crippen LogP contribution in [-0.4, -0.2) is 50.2 Å². The third kappa shape index (κ3) is 4.17. The predicted molar refractivity (Wildman–Crippen MR) is 129 cm³/mol. The summed E-state index contributed by atoms with van der Waals surface area (Å²) in [4.78, 5) is 4.08. The van der Waals surface area contributed by atoms with Gasteiger partial charge in [-0.05, 0) is 68.1 Å². The first-order chi connectivity index (χ1) is 14.7. The zero-order valence-electron chi connectivity index (χ0n) is 20.9. The zero-order chi connectivity index (χ0) is 22.4. The average molecular weight is 431 g/mol. The highest BCUT2D eigenvalue weighted by atomic mass is 15.5. The molecule has 0 bridgehead atoms. The molecular weight excluding hydrogens is 382 g/mol. The molecule has 8 atom stereocenters. The van der Waals surface area contributed by atoms with Crippen molar-refractivity contribution in [3.8, 4) is 0 Å². The van der Waals surface area contributed by atoms with E-state index in [0.717, 1.165) is 31.7 Å². The van der Waals surface area contributed by atoms with E-state index in [1.54, 1.807) is 5.57 Å². The van der Waals surface area contributed by atoms with Crippen LogP contribution in [0.25, 0.3) is 0 Å². The first kappa shape index (κ1) is 23.4. The van der Waals surface area contributed by atoms with Crippen molar-refractivity contribution in [2.75, 3.05) is 26.9 Å². The molecule has 1 saturated carbocycles. The van der Waals surface area contributed by atoms with Crippen molar-refractivity contribution >= 4 is 0 Å². The average Bonchev–Trinajstić information content (AvgIpc) is 3.07. The Labute approximate surface area is 190 Å². The number of allylic oxidation sites excluding steroid dienone is 3. The molecule has 31 heavy (non-hydrogen) atoms. The van der Waals surface area contributed by atoms with Crippen LogP contribution in [0.2, 0.25) is 0 Å². The number of likely N-dealkylation sites (N-methyl/N-ethyl adjacent to an activating group) is 1. The minimum Gasteiger partial charge on any atom is -0.314 e. The highest BCUT2D eigenvalue weighted by molar-refractivity contribution is 5.29. The van der Waals surface area contributed by atoms with E-state index >= 15 is 0 Å². The number of fused-ring (bicyclic) bond motifs is 2. The minimum absolute atomic E-state index is 0.0531. The minimum atomic E-state index is 0.0531. The molecule has 5 N–H and O–H groups in total. The Bertz CT molecular complexity index is 717. The van der Waals surface area contributed by atoms with Crippen molar-refractivity contribution in [2.24, 2.45) is 28.4 Å². The summed E-state index contributed by atoms with van der Waals surface area (Å²) in [7, 11) is 2.28. The Balaban J connectivity index is 1.41. The van der Waals surface area contributed by atoms with Gasteiger partial charge in [-0.3, -0.25) is 10.6 Å². The maximum absolute atomic E-state index is 6.42. The topological polar surface area (TPSA) is 57.8 Å². The van der Waals surface area contributed by atoms with Gasteiger partial charge in [0.15, 0.2) is 6.17 Å². The second-order valence-electron chi connectivity index (χ2n) is 11.8. The number of rotatable bonds is 5. The summed E-state index contributed by atoms with van der Waals surface area (Å²) >= 11 is 0. The fourth-order valence-corrected chi connectivity index (χ4v) is 7.22. The third-order valence-electron chi connectivity index (χ3n) is 9.94. The van der Waals surface area contributed by atoms with Gasteiger partial charge < -0.3 is 10.6 Å². The zero-order valence-corrected chi connectivity index (χ0v) is 20.9. The monoisotopic (exact) mass is 430 g/mol. The lowest BCUT2D eigenvalue weighted by Gasteiger charge is -2.56. The normalized spacial score (nSPS) is 46.4. The summed E-state index contributed by atoms with van der Waals surface area (Å²) in [6.45, 7) is 15.4. The fraction of sp³-hybridized carbons (Fsp3) is 0.846. The predicted octanol–water partition coefficient (Wildman–Crippen LogP) is 2.43. The molecule has 0 radical (unpaired) electrons. The van der Waals surface area contributed by atoms with Crippen molar-refractivity contribution in [2.45, 2.75) is 91.5 Å². The quantitative estimate of drug-likeness (QED) is 0.506. The molecule has 0 amide bonds. The molecule has 0 aromatic carbocycles. The maximum Gasteiger partial charge on any atom is 0.162 e. The first-order valence-corrected chi connectivity index (χ1v) is 12.8. The van der Waals surface area contributed by atoms with Gasteiger partial charge in [0.05, 0.1) is 19.9 Å². The summed E-state index contributed by atoms with van der Waals surface area (Å²) < 4.78 is 0. The first-order valence-electron chi connectivity index (χ1n) is 12.8. The van der Waals surface area contributed by atoms with Gasteiger partial charge in [0.1, 0.15) is 12.7 Å². The van der Waals surface area contributed by atoms with Gasteiger partial charge in [-0.1, -0.05) is 51.0 Å². The second kappa shape index (κ2) is 8.90. The molecular formula is C26H48N5+. The van der Waals surface area contributed by atoms with Crippen LogP contribution in [0.15, 0.2) is 23.3 Å². The Hall–Kier alpha value is -0.720. The molecule has 4 unspecified atom stereocenters. The smallest absolute Gasteiger partial charge is 0.162 e. The van der Waals surface area contributed by atoms with E-state index in [1.165, 1.54) is 49.0 Å². The van der Waals surface area contributed by atoms with Crippen LogP contribution in [0, 0.1) is 22.7 Å². The molecule has 4 aliphatic rings. The van der Waals surface area contributed by atoms with E-state index in [9.17, 15) is 0 Å². The van der Waals surface area contributed by atoms with Gasteiger partial charge in [0, 0.05) is 6.54 Å². The summed E-state index contributed by atoms with van der Waals surface area (Å²) in [5, 5.41) is 6.98. The lowest BCUT2D eigenvalue weighted by molar-refractivity contribution is -0.900. The van der Waals surface area contributed by atoms with Crippen LogP contribution >= 0.6 is 0 Å². The molecule has 2 heterocycles. The molecule has 2 aliphatic carbocycles. The third-order valence-corrected chi connectivity index (χ3v) is 9.94. The summed E-state index contributed by atoms with van der Waals surface area (Å²) in [5.74, 6) is 1.60. The molecule has 0 aromatic rings. The Morgan fingerprint density at radius 1 is 1.26 bits per heavy atom. The summed E-state index contributed by atoms with van der Waals surface area (Å²) in [6.07, 6.45) is 13.5. The van der Waals surface area contributed by atoms with Crippen molar-refractivity contribution in [1.29, 1.82) is 0 Å². The Kier molecular flexibility index (Phi) is 6.73. The molecule has 3 fully saturated rings. The van der Waals surface area contributed by atoms with E-state index < -0.39 is 0 Å². The Morgan fingerprint density at radius 3 is 2.81 bits per heavy atom. The van der Waals surface area contributed by atoms with Gasteiger partial charge in [-0.15, -0.1) is 0 Å². The maximum atomic E-state index is 6.42. The van der Waals surface area contributed by atoms with Crippen molar-refractivity contribution in [3.05, 3.63) is 23.3 Å². The van der Waals surface area contributed by atoms with Crippen LogP contribution in [0.5, 0.6) is 0 Å². The molecule has 0 spiro atoms. The number of nitrogens with two attached hydrogens (primary N) is 1. The van der Waals surface area contributed by atoms with E-state index in [0.29, 0.717) is 23.0 Å². The standard InChI is InChI=1S/C26H47N5/c1-18(12-15-31-17-30(6)24-22(31)23(27)28-16-29-24)10-13-25(4)20(3)11-14-26(5)19(2)8-7-9-21(25)26/h9,12,19-20,22-24,28-29H,7-8,10-11,13-17,27H2,1-6H3/p+1/t19-,20-,22?,23?,24?,25+,26+/m1/s1. The van der Waals surface area contributed by atoms with Crippen LogP contribution in [-0.2, 0) is 0 Å². The Morgan fingerprint density at radius 2 is 2.03 bits per heavy atom. The molecule has 2 saturated heterocycles. The molecule has 176 valence electrons. The van der Waals surface area contributed by atoms with E-state index in [-0.39, 0.29) is 6.17 Å². The van der Waals surface area contributed by atoms with E-state index in [2.05, 4.69) is 69.4 Å². The number of nitrogens with zero attached hydrogens (tertiary/aromatic N) is 1. The lowest BCUT2D eigenvalue weighted by Crippen LogP contribution is -3.14. The fourth-order valence-electron chi connectivity index (χ4n) is 7.22. The van der Waals surface area contributed by atoms with Crippen LogP contribution in [0.1, 0.15) is 73.1 Å². The molecule has 2 aliphatic heterocycles. The SMILES string of the molecule is CC(=CCN1C[NH+](C)C2NCNC(N)C21)CC[C@]1(C)C2=CCC[C@@H](C)[C@]2(C)CC[C@H]1C. The highest BCUT2D eigenvalue weighted by Gasteiger charge is 2.50. The number of hydrogen-bond donors (Lipinski definition) is 4. The van der Waals surface area contributed by atoms with Gasteiger partial charge in [0.2, 0.25) is 0 Å². The molecule has 5 nitrogen and oxygen atoms in total. The largest absolute Gasteiger partial charge is 0.314 e. The van der Waals surface area contributed by atoms with Crippen molar-refractivity contribution < 1.29 is 4.90 Å². The summed E-state index contributed by atoms with van der Waals surface area (Å²) in [5.41, 5.74) is 10.5. The molecule has 0 aromatic heterocycles. The summed E-state index contributed by atoms with van der Waals surface area (Å²) in [6, 6.07) is 0.364. The molecule has 4 rings (SSSR count). The van der Waals surface area contributed by atoms with Gasteiger partial charge in [0.25, 0.3) is 0 Å².